The Balaban J connectivity index is 1.87. The van der Waals surface area contributed by atoms with E-state index in [0.29, 0.717) is 64.0 Å². The molecule has 0 saturated heterocycles. The van der Waals surface area contributed by atoms with E-state index in [0.717, 1.165) is 6.07 Å². The SMILES string of the molecule is COc1cc2c(cc1-c1c(C)noc1C)ncc1[nH]c(=NC#N)n(-c3cccc(C(OC)(C(F)(F)F)C(F)(F)F)c3)c12. The van der Waals surface area contributed by atoms with Gasteiger partial charge in [0, 0.05) is 29.3 Å². The molecule has 5 rings (SSSR count). The summed E-state index contributed by atoms with van der Waals surface area (Å²) in [6.07, 6.45) is -8.72. The van der Waals surface area contributed by atoms with Crippen LogP contribution >= 0.6 is 0 Å². The summed E-state index contributed by atoms with van der Waals surface area (Å²) in [6, 6.07) is 6.97. The van der Waals surface area contributed by atoms with Crippen molar-refractivity contribution in [2.45, 2.75) is 31.8 Å². The summed E-state index contributed by atoms with van der Waals surface area (Å²) in [4.78, 5) is 11.0. The van der Waals surface area contributed by atoms with Crippen LogP contribution in [-0.4, -0.2) is 46.3 Å². The molecule has 15 heteroatoms. The molecule has 0 unspecified atom stereocenters. The molecule has 3 aromatic heterocycles. The van der Waals surface area contributed by atoms with Crippen LogP contribution in [0.3, 0.4) is 0 Å². The molecule has 0 amide bonds. The number of hydrogen-bond donors (Lipinski definition) is 1. The highest BCUT2D eigenvalue weighted by Gasteiger charge is 2.73. The lowest BCUT2D eigenvalue weighted by Gasteiger charge is -2.36. The van der Waals surface area contributed by atoms with E-state index in [-0.39, 0.29) is 16.8 Å². The first-order chi connectivity index (χ1) is 19.8. The second-order valence-electron chi connectivity index (χ2n) is 9.22. The van der Waals surface area contributed by atoms with Gasteiger partial charge < -0.3 is 19.0 Å². The van der Waals surface area contributed by atoms with Crippen LogP contribution in [0.5, 0.6) is 5.75 Å². The number of aryl methyl sites for hydroxylation is 2. The van der Waals surface area contributed by atoms with Gasteiger partial charge in [-0.05, 0) is 38.1 Å². The van der Waals surface area contributed by atoms with Crippen LogP contribution in [0.1, 0.15) is 17.0 Å². The number of pyridine rings is 1. The average molecular weight is 590 g/mol. The van der Waals surface area contributed by atoms with Crippen molar-refractivity contribution in [3.8, 4) is 28.8 Å². The zero-order chi connectivity index (χ0) is 30.6. The molecule has 0 radical (unpaired) electrons. The van der Waals surface area contributed by atoms with Crippen molar-refractivity contribution < 1.29 is 40.3 Å². The van der Waals surface area contributed by atoms with Crippen molar-refractivity contribution in [1.29, 1.82) is 5.26 Å². The molecule has 1 N–H and O–H groups in total. The fourth-order valence-electron chi connectivity index (χ4n) is 5.13. The second kappa shape index (κ2) is 9.91. The number of benzene rings is 2. The Hall–Kier alpha value is -4.84. The zero-order valence-corrected chi connectivity index (χ0v) is 22.3. The minimum Gasteiger partial charge on any atom is -0.496 e. The number of aromatic amines is 1. The predicted molar refractivity (Wildman–Crippen MR) is 136 cm³/mol. The summed E-state index contributed by atoms with van der Waals surface area (Å²) in [5.41, 5.74) is -3.38. The van der Waals surface area contributed by atoms with Crippen LogP contribution in [0, 0.1) is 25.3 Å². The Morgan fingerprint density at radius 2 is 1.76 bits per heavy atom. The molecule has 0 aliphatic carbocycles. The molecular weight excluding hydrogens is 570 g/mol. The molecule has 0 aliphatic rings. The maximum atomic E-state index is 14.0. The number of aromatic nitrogens is 4. The van der Waals surface area contributed by atoms with Gasteiger partial charge in [0.25, 0.3) is 5.60 Å². The van der Waals surface area contributed by atoms with Crippen molar-refractivity contribution >= 4 is 21.9 Å². The highest BCUT2D eigenvalue weighted by Crippen LogP contribution is 2.52. The quantitative estimate of drug-likeness (QED) is 0.195. The number of H-pyrrole nitrogens is 1. The van der Waals surface area contributed by atoms with Crippen LogP contribution in [0.25, 0.3) is 38.8 Å². The summed E-state index contributed by atoms with van der Waals surface area (Å²) < 4.78 is 101. The lowest BCUT2D eigenvalue weighted by molar-refractivity contribution is -0.383. The Morgan fingerprint density at radius 3 is 2.33 bits per heavy atom. The van der Waals surface area contributed by atoms with Gasteiger partial charge in [-0.25, -0.2) is 0 Å². The lowest BCUT2D eigenvalue weighted by atomic mass is 9.91. The molecule has 0 aliphatic heterocycles. The Kier molecular flexibility index (Phi) is 6.77. The zero-order valence-electron chi connectivity index (χ0n) is 22.3. The van der Waals surface area contributed by atoms with Crippen molar-refractivity contribution in [2.75, 3.05) is 14.2 Å². The molecule has 5 aromatic rings. The number of alkyl halides is 6. The van der Waals surface area contributed by atoms with Crippen molar-refractivity contribution in [3.05, 3.63) is 65.2 Å². The summed E-state index contributed by atoms with van der Waals surface area (Å²) in [5, 5.41) is 13.7. The Morgan fingerprint density at radius 1 is 1.05 bits per heavy atom. The number of fused-ring (bicyclic) bond motifs is 3. The van der Waals surface area contributed by atoms with Gasteiger partial charge in [0.05, 0.1) is 41.1 Å². The van der Waals surface area contributed by atoms with Crippen LogP contribution < -0.4 is 10.4 Å². The summed E-state index contributed by atoms with van der Waals surface area (Å²) in [5.74, 6) is 0.879. The lowest BCUT2D eigenvalue weighted by Crippen LogP contribution is -2.55. The molecule has 218 valence electrons. The number of imidazole rings is 1. The number of nitrogens with zero attached hydrogens (tertiary/aromatic N) is 5. The number of ether oxygens (including phenoxy) is 2. The fourth-order valence-corrected chi connectivity index (χ4v) is 5.13. The minimum absolute atomic E-state index is 0.163. The van der Waals surface area contributed by atoms with Gasteiger partial charge in [-0.1, -0.05) is 17.3 Å². The number of hydrogen-bond acceptors (Lipinski definition) is 7. The van der Waals surface area contributed by atoms with Crippen LogP contribution in [0.15, 0.2) is 52.1 Å². The van der Waals surface area contributed by atoms with E-state index in [1.165, 1.54) is 23.9 Å². The highest BCUT2D eigenvalue weighted by atomic mass is 19.4. The standard InChI is InChI=1S/C27H20F6N6O3/c1-13-22(14(2)42-38-13)18-9-19-17(10-21(18)40-3)23-20(11-35-19)37-24(36-12-34)39(23)16-7-5-6-15(8-16)25(41-4,26(28,29)30)27(31,32)33/h5-11H,1-4H3,(H,36,37). The maximum absolute atomic E-state index is 14.0. The molecule has 0 bridgehead atoms. The Labute approximate surface area is 232 Å². The van der Waals surface area contributed by atoms with Crippen LogP contribution in [-0.2, 0) is 10.3 Å². The number of halogens is 6. The highest BCUT2D eigenvalue weighted by molar-refractivity contribution is 6.05. The van der Waals surface area contributed by atoms with Gasteiger partial charge in [-0.2, -0.15) is 31.6 Å². The van der Waals surface area contributed by atoms with E-state index < -0.39 is 23.5 Å². The molecule has 0 atom stereocenters. The summed E-state index contributed by atoms with van der Waals surface area (Å²) >= 11 is 0. The number of methoxy groups -OCH3 is 2. The van der Waals surface area contributed by atoms with E-state index in [1.54, 1.807) is 32.2 Å². The third-order valence-corrected chi connectivity index (χ3v) is 6.92. The summed E-state index contributed by atoms with van der Waals surface area (Å²) in [6.45, 7) is 3.47. The second-order valence-corrected chi connectivity index (χ2v) is 9.22. The normalized spacial score (nSPS) is 13.2. The number of nitrogens with one attached hydrogen (secondary N) is 1. The van der Waals surface area contributed by atoms with E-state index >= 15 is 0 Å². The van der Waals surface area contributed by atoms with Gasteiger partial charge in [0.2, 0.25) is 11.8 Å². The first-order valence-corrected chi connectivity index (χ1v) is 12.1. The first-order valence-electron chi connectivity index (χ1n) is 12.1. The van der Waals surface area contributed by atoms with Crippen molar-refractivity contribution in [2.24, 2.45) is 4.99 Å². The van der Waals surface area contributed by atoms with Gasteiger partial charge in [-0.15, -0.1) is 4.99 Å². The monoisotopic (exact) mass is 590 g/mol. The molecule has 0 spiro atoms. The van der Waals surface area contributed by atoms with E-state index in [9.17, 15) is 31.6 Å². The molecule has 2 aromatic carbocycles. The number of nitriles is 1. The van der Waals surface area contributed by atoms with Gasteiger partial charge in [0.1, 0.15) is 11.5 Å². The topological polar surface area (TPSA) is 114 Å². The van der Waals surface area contributed by atoms with Crippen molar-refractivity contribution in [3.63, 3.8) is 0 Å². The van der Waals surface area contributed by atoms with Crippen molar-refractivity contribution in [1.82, 2.24) is 19.7 Å². The average Bonchev–Trinajstić information content (AvgIpc) is 3.46. The third-order valence-electron chi connectivity index (χ3n) is 6.92. The van der Waals surface area contributed by atoms with E-state index in [1.807, 2.05) is 0 Å². The summed E-state index contributed by atoms with van der Waals surface area (Å²) in [7, 11) is 1.77. The Bertz CT molecular complexity index is 1910. The number of rotatable bonds is 5. The predicted octanol–water partition coefficient (Wildman–Crippen LogP) is 6.14. The molecule has 0 fully saturated rings. The molecule has 42 heavy (non-hydrogen) atoms. The largest absolute Gasteiger partial charge is 0.496 e. The first kappa shape index (κ1) is 28.7. The maximum Gasteiger partial charge on any atom is 0.430 e. The van der Waals surface area contributed by atoms with Crippen LogP contribution in [0.2, 0.25) is 0 Å². The fraction of sp³-hybridized carbons (Fsp3) is 0.259. The van der Waals surface area contributed by atoms with E-state index in [2.05, 4.69) is 24.9 Å². The minimum atomic E-state index is -5.86. The third kappa shape index (κ3) is 4.17. The molecular formula is C27H20F6N6O3. The van der Waals surface area contributed by atoms with Gasteiger partial charge in [-0.3, -0.25) is 9.55 Å². The van der Waals surface area contributed by atoms with Gasteiger partial charge in [0.15, 0.2) is 0 Å². The smallest absolute Gasteiger partial charge is 0.430 e. The van der Waals surface area contributed by atoms with Gasteiger partial charge >= 0.3 is 12.4 Å². The molecule has 0 saturated carbocycles. The van der Waals surface area contributed by atoms with E-state index in [4.69, 9.17) is 9.26 Å². The molecule has 9 nitrogen and oxygen atoms in total. The molecule has 3 heterocycles. The van der Waals surface area contributed by atoms with Crippen LogP contribution in [0.4, 0.5) is 26.3 Å².